The van der Waals surface area contributed by atoms with Crippen LogP contribution in [-0.2, 0) is 0 Å². The highest BCUT2D eigenvalue weighted by Crippen LogP contribution is 2.37. The summed E-state index contributed by atoms with van der Waals surface area (Å²) in [7, 11) is 0. The van der Waals surface area contributed by atoms with E-state index >= 15 is 0 Å². The average Bonchev–Trinajstić information content (AvgIpc) is 3.50. The Morgan fingerprint density at radius 1 is 0.867 bits per heavy atom. The van der Waals surface area contributed by atoms with Gasteiger partial charge in [-0.25, -0.2) is 9.83 Å². The number of nitrogens with zero attached hydrogens (tertiary/aromatic N) is 7. The van der Waals surface area contributed by atoms with Crippen LogP contribution < -0.4 is 9.80 Å². The summed E-state index contributed by atoms with van der Waals surface area (Å²) in [5.41, 5.74) is 0. The first kappa shape index (κ1) is 20.2. The molecule has 0 amide bonds. The van der Waals surface area contributed by atoms with Crippen LogP contribution in [0, 0.1) is 6.57 Å². The topological polar surface area (TPSA) is 52.8 Å². The summed E-state index contributed by atoms with van der Waals surface area (Å²) in [5, 5.41) is 13.1. The van der Waals surface area contributed by atoms with Gasteiger partial charge in [0.2, 0.25) is 5.13 Å². The molecule has 9 heteroatoms. The van der Waals surface area contributed by atoms with Crippen molar-refractivity contribution in [3.05, 3.63) is 22.6 Å². The Labute approximate surface area is 186 Å². The van der Waals surface area contributed by atoms with Crippen molar-refractivity contribution in [3.8, 4) is 0 Å². The number of piperidine rings is 3. The van der Waals surface area contributed by atoms with Gasteiger partial charge in [0.05, 0.1) is 6.57 Å². The van der Waals surface area contributed by atoms with Gasteiger partial charge in [0, 0.05) is 44.3 Å². The minimum Gasteiger partial charge on any atom is -0.348 e. The molecule has 0 unspecified atom stereocenters. The number of anilines is 2. The van der Waals surface area contributed by atoms with Crippen molar-refractivity contribution in [2.45, 2.75) is 56.9 Å². The van der Waals surface area contributed by atoms with Crippen LogP contribution >= 0.6 is 22.7 Å². The van der Waals surface area contributed by atoms with Gasteiger partial charge in [0.25, 0.3) is 5.00 Å². The second kappa shape index (κ2) is 9.16. The summed E-state index contributed by atoms with van der Waals surface area (Å²) in [6.45, 7) is 13.9. The summed E-state index contributed by atoms with van der Waals surface area (Å²) in [4.78, 5) is 15.4. The highest BCUT2D eigenvalue weighted by Gasteiger charge is 2.29. The number of hydrogen-bond acceptors (Lipinski definition) is 8. The second-order valence-electron chi connectivity index (χ2n) is 8.62. The summed E-state index contributed by atoms with van der Waals surface area (Å²) in [6, 6.07) is 0.763. The quantitative estimate of drug-likeness (QED) is 0.654. The predicted molar refractivity (Wildman–Crippen MR) is 123 cm³/mol. The van der Waals surface area contributed by atoms with Crippen LogP contribution in [0.1, 0.15) is 55.9 Å². The van der Waals surface area contributed by atoms with Crippen molar-refractivity contribution < 1.29 is 0 Å². The lowest BCUT2D eigenvalue weighted by Crippen LogP contribution is -2.46. The molecule has 0 aromatic carbocycles. The fourth-order valence-corrected chi connectivity index (χ4v) is 6.79. The Morgan fingerprint density at radius 2 is 1.70 bits per heavy atom. The monoisotopic (exact) mass is 443 g/mol. The summed E-state index contributed by atoms with van der Waals surface area (Å²) < 4.78 is 0. The maximum atomic E-state index is 7.17. The normalized spacial score (nSPS) is 24.2. The molecular weight excluding hydrogens is 414 g/mol. The van der Waals surface area contributed by atoms with Crippen molar-refractivity contribution in [1.29, 1.82) is 0 Å². The van der Waals surface area contributed by atoms with Gasteiger partial charge in [0.1, 0.15) is 5.01 Å². The maximum Gasteiger partial charge on any atom is 0.262 e. The second-order valence-corrected chi connectivity index (χ2v) is 10.6. The molecule has 3 aliphatic heterocycles. The number of likely N-dealkylation sites (tertiary alicyclic amines) is 1. The molecule has 0 saturated carbocycles. The van der Waals surface area contributed by atoms with Crippen LogP contribution in [0.2, 0.25) is 0 Å². The molecule has 1 atom stereocenters. The highest BCUT2D eigenvalue weighted by atomic mass is 32.1. The Bertz CT molecular complexity index is 874. The van der Waals surface area contributed by atoms with Crippen molar-refractivity contribution in [2.24, 2.45) is 0 Å². The van der Waals surface area contributed by atoms with Gasteiger partial charge in [-0.3, -0.25) is 0 Å². The van der Waals surface area contributed by atoms with E-state index in [1.807, 2.05) is 0 Å². The van der Waals surface area contributed by atoms with E-state index in [0.717, 1.165) is 60.3 Å². The van der Waals surface area contributed by atoms with Gasteiger partial charge in [-0.1, -0.05) is 17.8 Å². The van der Waals surface area contributed by atoms with E-state index in [1.165, 1.54) is 56.5 Å². The van der Waals surface area contributed by atoms with Gasteiger partial charge in [-0.15, -0.1) is 21.5 Å². The smallest absolute Gasteiger partial charge is 0.262 e. The van der Waals surface area contributed by atoms with Crippen LogP contribution in [0.5, 0.6) is 0 Å². The van der Waals surface area contributed by atoms with Crippen molar-refractivity contribution in [1.82, 2.24) is 20.1 Å². The van der Waals surface area contributed by atoms with Gasteiger partial charge in [0.15, 0.2) is 5.13 Å². The van der Waals surface area contributed by atoms with E-state index in [0.29, 0.717) is 10.9 Å². The lowest BCUT2D eigenvalue weighted by molar-refractivity contribution is 0.141. The molecule has 0 N–H and O–H groups in total. The Balaban J connectivity index is 1.19. The third-order valence-electron chi connectivity index (χ3n) is 6.70. The fraction of sp³-hybridized carbons (Fsp3) is 0.714. The lowest BCUT2D eigenvalue weighted by atomic mass is 9.99. The van der Waals surface area contributed by atoms with Gasteiger partial charge in [-0.05, 0) is 51.6 Å². The Kier molecular flexibility index (Phi) is 6.16. The van der Waals surface area contributed by atoms with Crippen LogP contribution in [0.4, 0.5) is 15.3 Å². The van der Waals surface area contributed by atoms with E-state index in [2.05, 4.69) is 34.7 Å². The minimum atomic E-state index is 0.413. The van der Waals surface area contributed by atoms with Crippen LogP contribution in [0.25, 0.3) is 4.85 Å². The van der Waals surface area contributed by atoms with E-state index in [-0.39, 0.29) is 0 Å². The van der Waals surface area contributed by atoms with Crippen molar-refractivity contribution in [3.63, 3.8) is 0 Å². The number of rotatable bonds is 4. The highest BCUT2D eigenvalue weighted by molar-refractivity contribution is 7.19. The molecule has 0 bridgehead atoms. The van der Waals surface area contributed by atoms with Crippen molar-refractivity contribution >= 4 is 37.9 Å². The molecule has 3 saturated heterocycles. The molecule has 2 aromatic rings. The maximum absolute atomic E-state index is 7.17. The molecular formula is C21H29N7S2. The number of hydrogen-bond donors (Lipinski definition) is 0. The molecule has 160 valence electrons. The third-order valence-corrected chi connectivity index (χ3v) is 8.80. The lowest BCUT2D eigenvalue weighted by Gasteiger charge is -2.40. The molecule has 30 heavy (non-hydrogen) atoms. The minimum absolute atomic E-state index is 0.413. The van der Waals surface area contributed by atoms with Crippen LogP contribution in [0.15, 0.2) is 6.20 Å². The standard InChI is InChI=1S/C21H29N7S2/c1-22-18-14-23-20(29-18)28-11-5-6-16(15-28)19-24-25-21(30-19)27-12-7-17(8-13-27)26-9-3-2-4-10-26/h14,16-17H,2-13,15H2/t16-/m0/s1. The molecule has 3 aliphatic rings. The Hall–Kier alpha value is -1.76. The predicted octanol–water partition coefficient (Wildman–Crippen LogP) is 4.38. The average molecular weight is 444 g/mol. The first-order valence-corrected chi connectivity index (χ1v) is 12.8. The van der Waals surface area contributed by atoms with Gasteiger partial charge < -0.3 is 14.7 Å². The zero-order valence-corrected chi connectivity index (χ0v) is 19.0. The van der Waals surface area contributed by atoms with E-state index in [9.17, 15) is 0 Å². The molecule has 0 radical (unpaired) electrons. The molecule has 3 fully saturated rings. The summed E-state index contributed by atoms with van der Waals surface area (Å²) in [6.07, 6.45) is 10.6. The summed E-state index contributed by atoms with van der Waals surface area (Å²) in [5.74, 6) is 0.413. The molecule has 0 aliphatic carbocycles. The zero-order chi connectivity index (χ0) is 20.3. The molecule has 0 spiro atoms. The molecule has 2 aromatic heterocycles. The van der Waals surface area contributed by atoms with E-state index < -0.39 is 0 Å². The van der Waals surface area contributed by atoms with Gasteiger partial charge in [-0.2, -0.15) is 0 Å². The first-order valence-electron chi connectivity index (χ1n) is 11.2. The third kappa shape index (κ3) is 4.32. The zero-order valence-electron chi connectivity index (χ0n) is 17.4. The van der Waals surface area contributed by atoms with E-state index in [1.54, 1.807) is 17.5 Å². The summed E-state index contributed by atoms with van der Waals surface area (Å²) >= 11 is 3.28. The molecule has 7 nitrogen and oxygen atoms in total. The van der Waals surface area contributed by atoms with E-state index in [4.69, 9.17) is 6.57 Å². The van der Waals surface area contributed by atoms with Crippen molar-refractivity contribution in [2.75, 3.05) is 49.1 Å². The number of thiazole rings is 1. The molecule has 5 heterocycles. The van der Waals surface area contributed by atoms with Crippen LogP contribution in [0.3, 0.4) is 0 Å². The SMILES string of the molecule is [C-]#[N+]c1cnc(N2CCC[C@H](c3nnc(N4CCC(N5CCCCC5)CC4)s3)C2)s1. The largest absolute Gasteiger partial charge is 0.348 e. The number of aromatic nitrogens is 3. The molecule has 5 rings (SSSR count). The van der Waals surface area contributed by atoms with Gasteiger partial charge >= 0.3 is 0 Å². The Morgan fingerprint density at radius 3 is 2.47 bits per heavy atom. The fourth-order valence-electron chi connectivity index (χ4n) is 5.03. The first-order chi connectivity index (χ1) is 14.8. The van der Waals surface area contributed by atoms with Crippen LogP contribution in [-0.4, -0.2) is 65.4 Å².